The quantitative estimate of drug-likeness (QED) is 0.269. The summed E-state index contributed by atoms with van der Waals surface area (Å²) in [7, 11) is 0. The van der Waals surface area contributed by atoms with Gasteiger partial charge in [0.2, 0.25) is 18.1 Å². The molecule has 4 unspecified atom stereocenters. The third-order valence-electron chi connectivity index (χ3n) is 5.89. The maximum atomic E-state index is 13.1. The molecule has 0 saturated carbocycles. The van der Waals surface area contributed by atoms with E-state index in [2.05, 4.69) is 10.6 Å². The maximum Gasteiger partial charge on any atom is 0.310 e. The molecule has 0 bridgehead atoms. The fraction of sp³-hybridized carbons (Fsp3) is 0.565. The first-order valence-electron chi connectivity index (χ1n) is 11.5. The molecular formula is C23H31ClN4O6. The van der Waals surface area contributed by atoms with Crippen LogP contribution in [0.4, 0.5) is 5.69 Å². The third-order valence-corrected chi connectivity index (χ3v) is 6.22. The molecule has 2 heterocycles. The van der Waals surface area contributed by atoms with Crippen molar-refractivity contribution in [3.63, 3.8) is 0 Å². The minimum atomic E-state index is -0.862. The van der Waals surface area contributed by atoms with Gasteiger partial charge < -0.3 is 30.7 Å². The van der Waals surface area contributed by atoms with Crippen molar-refractivity contribution in [1.29, 1.82) is 0 Å². The lowest BCUT2D eigenvalue weighted by molar-refractivity contribution is -0.165. The number of amides is 3. The zero-order valence-corrected chi connectivity index (χ0v) is 20.1. The van der Waals surface area contributed by atoms with Gasteiger partial charge in [0.25, 0.3) is 5.91 Å². The van der Waals surface area contributed by atoms with E-state index in [4.69, 9.17) is 26.8 Å². The zero-order valence-electron chi connectivity index (χ0n) is 19.3. The summed E-state index contributed by atoms with van der Waals surface area (Å²) in [4.78, 5) is 51.8. The van der Waals surface area contributed by atoms with Crippen LogP contribution in [0.5, 0.6) is 0 Å². The fourth-order valence-corrected chi connectivity index (χ4v) is 4.17. The number of nitrogens with two attached hydrogens (primary N) is 1. The molecule has 0 aliphatic carbocycles. The first-order valence-corrected chi connectivity index (χ1v) is 11.9. The second kappa shape index (κ2) is 11.5. The molecule has 2 saturated heterocycles. The lowest BCUT2D eigenvalue weighted by Gasteiger charge is -2.28. The second-order valence-corrected chi connectivity index (χ2v) is 8.93. The van der Waals surface area contributed by atoms with Gasteiger partial charge in [-0.25, -0.2) is 0 Å². The minimum Gasteiger partial charge on any atom is -0.433 e. The molecule has 2 aliphatic rings. The van der Waals surface area contributed by atoms with Gasteiger partial charge in [-0.05, 0) is 44.4 Å². The largest absolute Gasteiger partial charge is 0.433 e. The van der Waals surface area contributed by atoms with Crippen LogP contribution in [-0.2, 0) is 23.9 Å². The number of halogens is 1. The topological polar surface area (TPSA) is 140 Å². The van der Waals surface area contributed by atoms with Crippen molar-refractivity contribution in [2.75, 3.05) is 18.9 Å². The van der Waals surface area contributed by atoms with Gasteiger partial charge in [0.15, 0.2) is 0 Å². The highest BCUT2D eigenvalue weighted by atomic mass is 35.5. The molecule has 34 heavy (non-hydrogen) atoms. The van der Waals surface area contributed by atoms with Gasteiger partial charge >= 0.3 is 5.97 Å². The zero-order chi connectivity index (χ0) is 24.8. The SMILES string of the molecule is CCCCOC1OC(=O)CC1NC(=O)C1CCCN1C(=O)C(C)NC(=O)c1ccc(N)c(Cl)c1. The number of ether oxygens (including phenoxy) is 2. The molecule has 11 heteroatoms. The van der Waals surface area contributed by atoms with E-state index in [0.29, 0.717) is 31.7 Å². The smallest absolute Gasteiger partial charge is 0.310 e. The van der Waals surface area contributed by atoms with E-state index in [0.717, 1.165) is 12.8 Å². The van der Waals surface area contributed by atoms with Crippen molar-refractivity contribution in [2.45, 2.75) is 70.4 Å². The van der Waals surface area contributed by atoms with Crippen LogP contribution in [-0.4, -0.2) is 66.2 Å². The number of esters is 1. The van der Waals surface area contributed by atoms with E-state index in [9.17, 15) is 19.2 Å². The average Bonchev–Trinajstić information content (AvgIpc) is 3.42. The molecule has 3 amide bonds. The molecule has 10 nitrogen and oxygen atoms in total. The van der Waals surface area contributed by atoms with Crippen LogP contribution in [0.15, 0.2) is 18.2 Å². The van der Waals surface area contributed by atoms with Crippen LogP contribution in [0.2, 0.25) is 5.02 Å². The highest BCUT2D eigenvalue weighted by Crippen LogP contribution is 2.22. The number of hydrogen-bond acceptors (Lipinski definition) is 7. The van der Waals surface area contributed by atoms with Crippen LogP contribution >= 0.6 is 11.6 Å². The summed E-state index contributed by atoms with van der Waals surface area (Å²) in [6.07, 6.45) is 2.05. The lowest BCUT2D eigenvalue weighted by Crippen LogP contribution is -2.54. The molecule has 3 rings (SSSR count). The van der Waals surface area contributed by atoms with Crippen molar-refractivity contribution in [3.05, 3.63) is 28.8 Å². The van der Waals surface area contributed by atoms with Crippen molar-refractivity contribution in [1.82, 2.24) is 15.5 Å². The number of nitrogen functional groups attached to an aromatic ring is 1. The van der Waals surface area contributed by atoms with Gasteiger partial charge in [0.1, 0.15) is 18.1 Å². The van der Waals surface area contributed by atoms with Gasteiger partial charge in [-0.15, -0.1) is 0 Å². The van der Waals surface area contributed by atoms with E-state index >= 15 is 0 Å². The van der Waals surface area contributed by atoms with Gasteiger partial charge in [-0.1, -0.05) is 24.9 Å². The van der Waals surface area contributed by atoms with Crippen LogP contribution in [0, 0.1) is 0 Å². The Balaban J connectivity index is 1.59. The predicted molar refractivity (Wildman–Crippen MR) is 125 cm³/mol. The molecular weight excluding hydrogens is 464 g/mol. The van der Waals surface area contributed by atoms with Crippen molar-refractivity contribution in [3.8, 4) is 0 Å². The fourth-order valence-electron chi connectivity index (χ4n) is 3.99. The Labute approximate surface area is 203 Å². The van der Waals surface area contributed by atoms with Crippen LogP contribution in [0.25, 0.3) is 0 Å². The van der Waals surface area contributed by atoms with Crippen molar-refractivity contribution < 1.29 is 28.7 Å². The number of benzene rings is 1. The highest BCUT2D eigenvalue weighted by Gasteiger charge is 2.41. The van der Waals surface area contributed by atoms with Crippen LogP contribution in [0.3, 0.4) is 0 Å². The molecule has 0 aromatic heterocycles. The monoisotopic (exact) mass is 494 g/mol. The van der Waals surface area contributed by atoms with Gasteiger partial charge in [0.05, 0.1) is 23.7 Å². The lowest BCUT2D eigenvalue weighted by atomic mass is 10.1. The van der Waals surface area contributed by atoms with E-state index in [1.165, 1.54) is 23.1 Å². The van der Waals surface area contributed by atoms with Gasteiger partial charge in [-0.3, -0.25) is 19.2 Å². The van der Waals surface area contributed by atoms with E-state index < -0.39 is 36.3 Å². The summed E-state index contributed by atoms with van der Waals surface area (Å²) in [6, 6.07) is 2.29. The Kier molecular flexibility index (Phi) is 8.73. The average molecular weight is 495 g/mol. The number of carbonyl (C=O) groups excluding carboxylic acids is 4. The molecule has 2 fully saturated rings. The molecule has 0 radical (unpaired) electrons. The Morgan fingerprint density at radius 2 is 2.12 bits per heavy atom. The molecule has 186 valence electrons. The second-order valence-electron chi connectivity index (χ2n) is 8.52. The number of nitrogens with one attached hydrogen (secondary N) is 2. The molecule has 4 atom stereocenters. The normalized spacial score (nSPS) is 22.9. The number of anilines is 1. The molecule has 4 N–H and O–H groups in total. The molecule has 2 aliphatic heterocycles. The number of nitrogens with zero attached hydrogens (tertiary/aromatic N) is 1. The Morgan fingerprint density at radius 1 is 1.35 bits per heavy atom. The molecule has 1 aromatic carbocycles. The summed E-state index contributed by atoms with van der Waals surface area (Å²) >= 11 is 5.98. The van der Waals surface area contributed by atoms with Gasteiger partial charge in [0, 0.05) is 12.1 Å². The minimum absolute atomic E-state index is 0.0137. The summed E-state index contributed by atoms with van der Waals surface area (Å²) in [5.41, 5.74) is 6.29. The third kappa shape index (κ3) is 6.18. The van der Waals surface area contributed by atoms with Crippen molar-refractivity contribution in [2.24, 2.45) is 0 Å². The first kappa shape index (κ1) is 25.8. The maximum absolute atomic E-state index is 13.1. The van der Waals surface area contributed by atoms with E-state index in [1.54, 1.807) is 6.92 Å². The highest BCUT2D eigenvalue weighted by molar-refractivity contribution is 6.33. The van der Waals surface area contributed by atoms with Crippen LogP contribution in [0.1, 0.15) is 56.3 Å². The molecule has 0 spiro atoms. The summed E-state index contributed by atoms with van der Waals surface area (Å²) in [5, 5.41) is 5.71. The number of unbranched alkanes of at least 4 members (excludes halogenated alkanes) is 1. The Bertz CT molecular complexity index is 942. The van der Waals surface area contributed by atoms with Crippen molar-refractivity contribution >= 4 is 41.0 Å². The summed E-state index contributed by atoms with van der Waals surface area (Å²) in [5.74, 6) is -1.66. The molecule has 1 aromatic rings. The van der Waals surface area contributed by atoms with Gasteiger partial charge in [-0.2, -0.15) is 0 Å². The number of hydrogen-bond donors (Lipinski definition) is 3. The number of likely N-dealkylation sites (tertiary alicyclic amines) is 1. The number of cyclic esters (lactones) is 1. The number of carbonyl (C=O) groups is 4. The van der Waals surface area contributed by atoms with E-state index in [-0.39, 0.29) is 28.8 Å². The Hall–Kier alpha value is -2.85. The van der Waals surface area contributed by atoms with Crippen LogP contribution < -0.4 is 16.4 Å². The Morgan fingerprint density at radius 3 is 2.82 bits per heavy atom. The predicted octanol–water partition coefficient (Wildman–Crippen LogP) is 1.61. The standard InChI is InChI=1S/C23H31ClN4O6/c1-3-4-10-33-23-17(12-19(29)34-23)27-21(31)18-6-5-9-28(18)22(32)13(2)26-20(30)14-7-8-16(25)15(24)11-14/h7-8,11,13,17-18,23H,3-6,9-10,12,25H2,1-2H3,(H,26,30)(H,27,31). The summed E-state index contributed by atoms with van der Waals surface area (Å²) in [6.45, 7) is 4.39. The number of rotatable bonds is 9. The first-order chi connectivity index (χ1) is 16.2. The van der Waals surface area contributed by atoms with E-state index in [1.807, 2.05) is 6.92 Å². The summed E-state index contributed by atoms with van der Waals surface area (Å²) < 4.78 is 10.8.